The number of hydrogen-bond acceptors (Lipinski definition) is 3. The SMILES string of the molecule is NCC(O)c1ccc(C2CC2)nc1. The number of aromatic nitrogens is 1. The number of aliphatic hydroxyl groups excluding tert-OH is 1. The van der Waals surface area contributed by atoms with Gasteiger partial charge in [-0.15, -0.1) is 0 Å². The van der Waals surface area contributed by atoms with Gasteiger partial charge in [-0.2, -0.15) is 0 Å². The molecule has 0 bridgehead atoms. The summed E-state index contributed by atoms with van der Waals surface area (Å²) in [6.07, 6.45) is 3.67. The minimum atomic E-state index is -0.569. The monoisotopic (exact) mass is 178 g/mol. The number of aliphatic hydroxyl groups is 1. The fraction of sp³-hybridized carbons (Fsp3) is 0.500. The highest BCUT2D eigenvalue weighted by molar-refractivity contribution is 5.21. The van der Waals surface area contributed by atoms with Crippen molar-refractivity contribution in [1.82, 2.24) is 4.98 Å². The van der Waals surface area contributed by atoms with Gasteiger partial charge in [0.1, 0.15) is 0 Å². The van der Waals surface area contributed by atoms with Gasteiger partial charge in [0.05, 0.1) is 6.10 Å². The summed E-state index contributed by atoms with van der Waals surface area (Å²) < 4.78 is 0. The molecule has 1 aromatic rings. The molecule has 1 unspecified atom stereocenters. The van der Waals surface area contributed by atoms with E-state index in [4.69, 9.17) is 5.73 Å². The number of nitrogens with two attached hydrogens (primary N) is 1. The molecule has 13 heavy (non-hydrogen) atoms. The number of hydrogen-bond donors (Lipinski definition) is 2. The lowest BCUT2D eigenvalue weighted by atomic mass is 10.1. The molecule has 70 valence electrons. The van der Waals surface area contributed by atoms with Crippen LogP contribution in [0.2, 0.25) is 0 Å². The van der Waals surface area contributed by atoms with E-state index in [9.17, 15) is 5.11 Å². The van der Waals surface area contributed by atoms with Crippen LogP contribution in [0.15, 0.2) is 18.3 Å². The summed E-state index contributed by atoms with van der Waals surface area (Å²) in [6, 6.07) is 3.91. The molecule has 1 aliphatic rings. The maximum Gasteiger partial charge on any atom is 0.0927 e. The Hall–Kier alpha value is -0.930. The van der Waals surface area contributed by atoms with Crippen molar-refractivity contribution >= 4 is 0 Å². The first-order chi connectivity index (χ1) is 6.31. The lowest BCUT2D eigenvalue weighted by Crippen LogP contribution is -2.11. The van der Waals surface area contributed by atoms with Crippen LogP contribution in [0.1, 0.15) is 36.1 Å². The minimum absolute atomic E-state index is 0.254. The molecule has 0 spiro atoms. The van der Waals surface area contributed by atoms with Gasteiger partial charge in [-0.3, -0.25) is 4.98 Å². The zero-order chi connectivity index (χ0) is 9.26. The van der Waals surface area contributed by atoms with E-state index in [2.05, 4.69) is 4.98 Å². The van der Waals surface area contributed by atoms with Gasteiger partial charge < -0.3 is 10.8 Å². The molecule has 1 atom stereocenters. The lowest BCUT2D eigenvalue weighted by Gasteiger charge is -2.07. The van der Waals surface area contributed by atoms with Crippen molar-refractivity contribution in [2.45, 2.75) is 24.9 Å². The van der Waals surface area contributed by atoms with Gasteiger partial charge in [0.25, 0.3) is 0 Å². The molecule has 0 aromatic carbocycles. The third kappa shape index (κ3) is 1.87. The van der Waals surface area contributed by atoms with Crippen LogP contribution in [-0.2, 0) is 0 Å². The van der Waals surface area contributed by atoms with Crippen LogP contribution in [0.25, 0.3) is 0 Å². The van der Waals surface area contributed by atoms with E-state index in [1.54, 1.807) is 6.20 Å². The van der Waals surface area contributed by atoms with E-state index >= 15 is 0 Å². The van der Waals surface area contributed by atoms with Crippen LogP contribution in [0.4, 0.5) is 0 Å². The maximum atomic E-state index is 9.41. The largest absolute Gasteiger partial charge is 0.387 e. The third-order valence-corrected chi connectivity index (χ3v) is 2.41. The molecule has 2 rings (SSSR count). The van der Waals surface area contributed by atoms with Crippen molar-refractivity contribution in [3.05, 3.63) is 29.6 Å². The van der Waals surface area contributed by atoms with E-state index in [-0.39, 0.29) is 6.54 Å². The summed E-state index contributed by atoms with van der Waals surface area (Å²) in [5, 5.41) is 9.41. The Morgan fingerprint density at radius 1 is 1.54 bits per heavy atom. The number of pyridine rings is 1. The predicted molar refractivity (Wildman–Crippen MR) is 50.2 cm³/mol. The molecule has 1 saturated carbocycles. The van der Waals surface area contributed by atoms with Gasteiger partial charge in [-0.25, -0.2) is 0 Å². The van der Waals surface area contributed by atoms with Crippen LogP contribution < -0.4 is 5.73 Å². The number of rotatable bonds is 3. The molecule has 0 amide bonds. The Morgan fingerprint density at radius 2 is 2.31 bits per heavy atom. The molecule has 3 heteroatoms. The molecule has 0 radical (unpaired) electrons. The molecule has 3 N–H and O–H groups in total. The number of nitrogens with zero attached hydrogens (tertiary/aromatic N) is 1. The molecule has 1 aliphatic carbocycles. The summed E-state index contributed by atoms with van der Waals surface area (Å²) >= 11 is 0. The summed E-state index contributed by atoms with van der Waals surface area (Å²) in [6.45, 7) is 0.254. The van der Waals surface area contributed by atoms with Crippen LogP contribution >= 0.6 is 0 Å². The fourth-order valence-corrected chi connectivity index (χ4v) is 1.37. The molecule has 1 aromatic heterocycles. The van der Waals surface area contributed by atoms with Gasteiger partial charge in [0.15, 0.2) is 0 Å². The van der Waals surface area contributed by atoms with Crippen molar-refractivity contribution < 1.29 is 5.11 Å². The van der Waals surface area contributed by atoms with Crippen molar-refractivity contribution in [2.24, 2.45) is 5.73 Å². The molecule has 0 aliphatic heterocycles. The van der Waals surface area contributed by atoms with Crippen LogP contribution in [0.5, 0.6) is 0 Å². The smallest absolute Gasteiger partial charge is 0.0927 e. The molecule has 1 fully saturated rings. The quantitative estimate of drug-likeness (QED) is 0.724. The van der Waals surface area contributed by atoms with E-state index in [1.165, 1.54) is 12.8 Å². The van der Waals surface area contributed by atoms with E-state index < -0.39 is 6.10 Å². The average molecular weight is 178 g/mol. The average Bonchev–Trinajstić information content (AvgIpc) is 3.00. The van der Waals surface area contributed by atoms with Gasteiger partial charge >= 0.3 is 0 Å². The first-order valence-electron chi connectivity index (χ1n) is 4.65. The fourth-order valence-electron chi connectivity index (χ4n) is 1.37. The molecule has 0 saturated heterocycles. The summed E-state index contributed by atoms with van der Waals surface area (Å²) in [5.41, 5.74) is 7.29. The van der Waals surface area contributed by atoms with Gasteiger partial charge in [0.2, 0.25) is 0 Å². The topological polar surface area (TPSA) is 59.1 Å². The Balaban J connectivity index is 2.12. The molecule has 1 heterocycles. The second-order valence-electron chi connectivity index (χ2n) is 3.54. The molecular weight excluding hydrogens is 164 g/mol. The Morgan fingerprint density at radius 3 is 2.77 bits per heavy atom. The molecule has 3 nitrogen and oxygen atoms in total. The van der Waals surface area contributed by atoms with Crippen molar-refractivity contribution in [2.75, 3.05) is 6.54 Å². The second-order valence-corrected chi connectivity index (χ2v) is 3.54. The molecular formula is C10H14N2O. The van der Waals surface area contributed by atoms with E-state index in [1.807, 2.05) is 12.1 Å². The van der Waals surface area contributed by atoms with Gasteiger partial charge in [-0.05, 0) is 18.9 Å². The van der Waals surface area contributed by atoms with Crippen LogP contribution in [0.3, 0.4) is 0 Å². The van der Waals surface area contributed by atoms with Crippen molar-refractivity contribution in [1.29, 1.82) is 0 Å². The van der Waals surface area contributed by atoms with Gasteiger partial charge in [0, 0.05) is 29.9 Å². The first-order valence-corrected chi connectivity index (χ1v) is 4.65. The zero-order valence-electron chi connectivity index (χ0n) is 7.48. The highest BCUT2D eigenvalue weighted by Gasteiger charge is 2.24. The Labute approximate surface area is 77.6 Å². The summed E-state index contributed by atoms with van der Waals surface area (Å²) in [5.74, 6) is 0.670. The first kappa shape index (κ1) is 8.66. The normalized spacial score (nSPS) is 18.6. The minimum Gasteiger partial charge on any atom is -0.387 e. The Kier molecular flexibility index (Phi) is 2.29. The van der Waals surface area contributed by atoms with Crippen molar-refractivity contribution in [3.63, 3.8) is 0 Å². The zero-order valence-corrected chi connectivity index (χ0v) is 7.48. The maximum absolute atomic E-state index is 9.41. The summed E-state index contributed by atoms with van der Waals surface area (Å²) in [4.78, 5) is 4.29. The summed E-state index contributed by atoms with van der Waals surface area (Å²) in [7, 11) is 0. The second kappa shape index (κ2) is 3.44. The van der Waals surface area contributed by atoms with Crippen molar-refractivity contribution in [3.8, 4) is 0 Å². The van der Waals surface area contributed by atoms with Crippen LogP contribution in [0, 0.1) is 0 Å². The third-order valence-electron chi connectivity index (χ3n) is 2.41. The van der Waals surface area contributed by atoms with E-state index in [0.717, 1.165) is 11.3 Å². The Bertz CT molecular complexity index is 279. The highest BCUT2D eigenvalue weighted by Crippen LogP contribution is 2.38. The standard InChI is InChI=1S/C10H14N2O/c11-5-10(13)8-3-4-9(12-6-8)7-1-2-7/h3-4,6-7,10,13H,1-2,5,11H2. The van der Waals surface area contributed by atoms with Crippen LogP contribution in [-0.4, -0.2) is 16.6 Å². The predicted octanol–water partition coefficient (Wildman–Crippen LogP) is 0.951. The van der Waals surface area contributed by atoms with E-state index in [0.29, 0.717) is 5.92 Å². The lowest BCUT2D eigenvalue weighted by molar-refractivity contribution is 0.186. The van der Waals surface area contributed by atoms with Gasteiger partial charge in [-0.1, -0.05) is 6.07 Å². The highest BCUT2D eigenvalue weighted by atomic mass is 16.3.